The first-order chi connectivity index (χ1) is 5.90. The summed E-state index contributed by atoms with van der Waals surface area (Å²) in [4.78, 5) is 0. The summed E-state index contributed by atoms with van der Waals surface area (Å²) in [5, 5.41) is 7.84. The Morgan fingerprint density at radius 1 is 1.50 bits per heavy atom. The molecule has 0 aromatic carbocycles. The maximum Gasteiger partial charge on any atom is 0.00701 e. The van der Waals surface area contributed by atoms with Crippen molar-refractivity contribution in [3.8, 4) is 0 Å². The minimum Gasteiger partial charge on any atom is -0.317 e. The average Bonchev–Trinajstić information content (AvgIpc) is 2.75. The van der Waals surface area contributed by atoms with Crippen LogP contribution in [0, 0.1) is 0 Å². The molecule has 1 aliphatic rings. The van der Waals surface area contributed by atoms with Crippen molar-refractivity contribution in [2.24, 2.45) is 0 Å². The molecule has 66 valence electrons. The summed E-state index contributed by atoms with van der Waals surface area (Å²) in [6, 6.07) is 3.03. The van der Waals surface area contributed by atoms with Crippen LogP contribution in [0.2, 0.25) is 0 Å². The van der Waals surface area contributed by atoms with E-state index in [0.717, 1.165) is 12.0 Å². The lowest BCUT2D eigenvalue weighted by Gasteiger charge is -2.08. The molecule has 2 heteroatoms. The second-order valence-electron chi connectivity index (χ2n) is 3.55. The van der Waals surface area contributed by atoms with Crippen molar-refractivity contribution in [3.63, 3.8) is 0 Å². The van der Waals surface area contributed by atoms with Crippen LogP contribution in [-0.4, -0.2) is 13.1 Å². The van der Waals surface area contributed by atoms with Gasteiger partial charge in [-0.3, -0.25) is 0 Å². The second-order valence-corrected chi connectivity index (χ2v) is 4.33. The van der Waals surface area contributed by atoms with E-state index in [9.17, 15) is 0 Å². The van der Waals surface area contributed by atoms with Crippen LogP contribution in [0.4, 0.5) is 0 Å². The van der Waals surface area contributed by atoms with Gasteiger partial charge in [-0.25, -0.2) is 0 Å². The van der Waals surface area contributed by atoms with Crippen molar-refractivity contribution in [1.29, 1.82) is 0 Å². The summed E-state index contributed by atoms with van der Waals surface area (Å²) in [5.41, 5.74) is 1.55. The molecule has 0 bridgehead atoms. The van der Waals surface area contributed by atoms with Crippen molar-refractivity contribution in [2.75, 3.05) is 7.05 Å². The van der Waals surface area contributed by atoms with E-state index in [0.29, 0.717) is 0 Å². The Balaban J connectivity index is 2.00. The summed E-state index contributed by atoms with van der Waals surface area (Å²) in [5.74, 6) is 0.827. The maximum atomic E-state index is 3.36. The van der Waals surface area contributed by atoms with Crippen molar-refractivity contribution in [1.82, 2.24) is 5.32 Å². The van der Waals surface area contributed by atoms with Crippen molar-refractivity contribution >= 4 is 11.3 Å². The Bertz CT molecular complexity index is 230. The number of hydrogen-bond donors (Lipinski definition) is 1. The van der Waals surface area contributed by atoms with Gasteiger partial charge in [-0.05, 0) is 54.6 Å². The molecule has 1 aromatic rings. The zero-order valence-electron chi connectivity index (χ0n) is 7.42. The van der Waals surface area contributed by atoms with Crippen LogP contribution in [0.3, 0.4) is 0 Å². The van der Waals surface area contributed by atoms with E-state index in [1.54, 1.807) is 5.56 Å². The third-order valence-electron chi connectivity index (χ3n) is 2.86. The molecule has 0 radical (unpaired) electrons. The average molecular weight is 181 g/mol. The van der Waals surface area contributed by atoms with Gasteiger partial charge >= 0.3 is 0 Å². The Kier molecular flexibility index (Phi) is 2.47. The molecule has 1 nitrogen and oxygen atoms in total. The Hall–Kier alpha value is -0.340. The molecule has 1 aliphatic carbocycles. The van der Waals surface area contributed by atoms with Crippen LogP contribution in [0.5, 0.6) is 0 Å². The SMILES string of the molecule is CNC1CCC(c2ccsc2)C1. The van der Waals surface area contributed by atoms with Gasteiger partial charge in [0.15, 0.2) is 0 Å². The van der Waals surface area contributed by atoms with E-state index in [4.69, 9.17) is 0 Å². The molecule has 1 N–H and O–H groups in total. The molecule has 0 spiro atoms. The van der Waals surface area contributed by atoms with Gasteiger partial charge in [-0.2, -0.15) is 11.3 Å². The second kappa shape index (κ2) is 3.58. The van der Waals surface area contributed by atoms with Gasteiger partial charge in [0.25, 0.3) is 0 Å². The van der Waals surface area contributed by atoms with E-state index in [2.05, 4.69) is 29.2 Å². The standard InChI is InChI=1S/C10H15NS/c1-11-10-3-2-8(6-10)9-4-5-12-7-9/h4-5,7-8,10-11H,2-3,6H2,1H3. The predicted octanol–water partition coefficient (Wildman–Crippen LogP) is 2.60. The highest BCUT2D eigenvalue weighted by Gasteiger charge is 2.24. The van der Waals surface area contributed by atoms with Crippen molar-refractivity contribution < 1.29 is 0 Å². The minimum absolute atomic E-state index is 0.759. The fraction of sp³-hybridized carbons (Fsp3) is 0.600. The minimum atomic E-state index is 0.759. The molecule has 12 heavy (non-hydrogen) atoms. The first-order valence-corrected chi connectivity index (χ1v) is 5.54. The predicted molar refractivity (Wildman–Crippen MR) is 53.8 cm³/mol. The molecule has 1 aromatic heterocycles. The maximum absolute atomic E-state index is 3.36. The van der Waals surface area contributed by atoms with Gasteiger partial charge in [-0.1, -0.05) is 0 Å². The number of nitrogens with one attached hydrogen (secondary N) is 1. The van der Waals surface area contributed by atoms with E-state index in [1.165, 1.54) is 19.3 Å². The summed E-state index contributed by atoms with van der Waals surface area (Å²) in [7, 11) is 2.07. The van der Waals surface area contributed by atoms with E-state index >= 15 is 0 Å². The van der Waals surface area contributed by atoms with E-state index in [1.807, 2.05) is 11.3 Å². The van der Waals surface area contributed by atoms with Crippen molar-refractivity contribution in [2.45, 2.75) is 31.2 Å². The lowest BCUT2D eigenvalue weighted by Crippen LogP contribution is -2.20. The van der Waals surface area contributed by atoms with Gasteiger partial charge in [0.2, 0.25) is 0 Å². The monoisotopic (exact) mass is 181 g/mol. The molecular weight excluding hydrogens is 166 g/mol. The lowest BCUT2D eigenvalue weighted by molar-refractivity contribution is 0.572. The molecule has 0 saturated heterocycles. The normalized spacial score (nSPS) is 29.4. The molecule has 1 heterocycles. The van der Waals surface area contributed by atoms with Gasteiger partial charge in [0.1, 0.15) is 0 Å². The zero-order chi connectivity index (χ0) is 8.39. The van der Waals surface area contributed by atoms with Crippen LogP contribution < -0.4 is 5.32 Å². The summed E-state index contributed by atoms with van der Waals surface area (Å²) in [6.07, 6.45) is 4.03. The fourth-order valence-electron chi connectivity index (χ4n) is 2.05. The highest BCUT2D eigenvalue weighted by Crippen LogP contribution is 2.35. The summed E-state index contributed by atoms with van der Waals surface area (Å²) in [6.45, 7) is 0. The lowest BCUT2D eigenvalue weighted by atomic mass is 10.0. The quantitative estimate of drug-likeness (QED) is 0.739. The highest BCUT2D eigenvalue weighted by atomic mass is 32.1. The zero-order valence-corrected chi connectivity index (χ0v) is 8.23. The number of hydrogen-bond acceptors (Lipinski definition) is 2. The van der Waals surface area contributed by atoms with Gasteiger partial charge in [0.05, 0.1) is 0 Å². The van der Waals surface area contributed by atoms with E-state index < -0.39 is 0 Å². The number of rotatable bonds is 2. The van der Waals surface area contributed by atoms with Crippen molar-refractivity contribution in [3.05, 3.63) is 22.4 Å². The third kappa shape index (κ3) is 1.54. The molecule has 2 atom stereocenters. The largest absolute Gasteiger partial charge is 0.317 e. The molecule has 1 saturated carbocycles. The first-order valence-electron chi connectivity index (χ1n) is 4.59. The van der Waals surface area contributed by atoms with Crippen LogP contribution in [0.15, 0.2) is 16.8 Å². The van der Waals surface area contributed by atoms with Crippen LogP contribution in [-0.2, 0) is 0 Å². The first kappa shape index (κ1) is 8.27. The summed E-state index contributed by atoms with van der Waals surface area (Å²) >= 11 is 1.81. The molecule has 2 unspecified atom stereocenters. The molecule has 0 aliphatic heterocycles. The Morgan fingerprint density at radius 3 is 3.00 bits per heavy atom. The van der Waals surface area contributed by atoms with Crippen LogP contribution >= 0.6 is 11.3 Å². The van der Waals surface area contributed by atoms with Crippen LogP contribution in [0.25, 0.3) is 0 Å². The molecule has 1 fully saturated rings. The topological polar surface area (TPSA) is 12.0 Å². The van der Waals surface area contributed by atoms with Crippen LogP contribution in [0.1, 0.15) is 30.7 Å². The van der Waals surface area contributed by atoms with Gasteiger partial charge in [0, 0.05) is 6.04 Å². The fourth-order valence-corrected chi connectivity index (χ4v) is 2.80. The third-order valence-corrected chi connectivity index (χ3v) is 3.56. The van der Waals surface area contributed by atoms with Gasteiger partial charge in [-0.15, -0.1) is 0 Å². The summed E-state index contributed by atoms with van der Waals surface area (Å²) < 4.78 is 0. The Morgan fingerprint density at radius 2 is 2.42 bits per heavy atom. The van der Waals surface area contributed by atoms with E-state index in [-0.39, 0.29) is 0 Å². The van der Waals surface area contributed by atoms with Gasteiger partial charge < -0.3 is 5.32 Å². The molecule has 2 rings (SSSR count). The smallest absolute Gasteiger partial charge is 0.00701 e. The molecule has 0 amide bonds. The molecular formula is C10H15NS. The highest BCUT2D eigenvalue weighted by molar-refractivity contribution is 7.07. The number of thiophene rings is 1. The Labute approximate surface area is 77.8 Å².